The molecule has 1 aromatic rings. The summed E-state index contributed by atoms with van der Waals surface area (Å²) >= 11 is 0. The van der Waals surface area contributed by atoms with Gasteiger partial charge >= 0.3 is 5.69 Å². The first kappa shape index (κ1) is 13.7. The largest absolute Gasteiger partial charge is 0.360 e. The van der Waals surface area contributed by atoms with Gasteiger partial charge in [-0.2, -0.15) is 0 Å². The van der Waals surface area contributed by atoms with Crippen molar-refractivity contribution in [2.24, 2.45) is 0 Å². The molecule has 0 amide bonds. The number of hydrogen-bond donors (Lipinski definition) is 1. The van der Waals surface area contributed by atoms with Gasteiger partial charge in [0.2, 0.25) is 5.82 Å². The quantitative estimate of drug-likeness (QED) is 0.666. The van der Waals surface area contributed by atoms with E-state index >= 15 is 0 Å². The van der Waals surface area contributed by atoms with E-state index in [9.17, 15) is 10.1 Å². The zero-order valence-corrected chi connectivity index (χ0v) is 11.4. The van der Waals surface area contributed by atoms with Gasteiger partial charge in [-0.05, 0) is 38.9 Å². The number of likely N-dealkylation sites (tertiary alicyclic amines) is 1. The third-order valence-electron chi connectivity index (χ3n) is 3.50. The molecule has 1 aliphatic heterocycles. The number of anilines is 1. The van der Waals surface area contributed by atoms with Gasteiger partial charge < -0.3 is 10.2 Å². The standard InChI is InChI=1S/C13H20N4O2/c1-3-16-8-4-5-11(9-16)15-13-12(17(18)19)7-6-10(2)14-13/h6-7,11H,3-5,8-9H2,1-2H3,(H,14,15). The van der Waals surface area contributed by atoms with E-state index in [4.69, 9.17) is 0 Å². The van der Waals surface area contributed by atoms with Crippen LogP contribution in [0, 0.1) is 17.0 Å². The van der Waals surface area contributed by atoms with Crippen molar-refractivity contribution in [3.63, 3.8) is 0 Å². The van der Waals surface area contributed by atoms with Gasteiger partial charge in [0.1, 0.15) is 0 Å². The fraction of sp³-hybridized carbons (Fsp3) is 0.615. The minimum atomic E-state index is -0.380. The number of aromatic nitrogens is 1. The first-order valence-electron chi connectivity index (χ1n) is 6.71. The van der Waals surface area contributed by atoms with Gasteiger partial charge in [-0.15, -0.1) is 0 Å². The predicted molar refractivity (Wildman–Crippen MR) is 74.4 cm³/mol. The third-order valence-corrected chi connectivity index (χ3v) is 3.50. The van der Waals surface area contributed by atoms with Crippen LogP contribution in [-0.4, -0.2) is 40.5 Å². The van der Waals surface area contributed by atoms with Crippen LogP contribution in [0.3, 0.4) is 0 Å². The number of pyridine rings is 1. The van der Waals surface area contributed by atoms with Gasteiger partial charge in [-0.3, -0.25) is 10.1 Å². The average Bonchev–Trinajstić information content (AvgIpc) is 2.38. The number of likely N-dealkylation sites (N-methyl/N-ethyl adjacent to an activating group) is 1. The molecule has 1 atom stereocenters. The molecule has 0 aliphatic carbocycles. The molecule has 1 fully saturated rings. The fourth-order valence-electron chi connectivity index (χ4n) is 2.46. The summed E-state index contributed by atoms with van der Waals surface area (Å²) in [4.78, 5) is 17.2. The molecule has 1 N–H and O–H groups in total. The van der Waals surface area contributed by atoms with E-state index < -0.39 is 0 Å². The highest BCUT2D eigenvalue weighted by Crippen LogP contribution is 2.24. The Kier molecular flexibility index (Phi) is 4.31. The Labute approximate surface area is 113 Å². The number of nitrogens with one attached hydrogen (secondary N) is 1. The van der Waals surface area contributed by atoms with Crippen molar-refractivity contribution in [1.29, 1.82) is 0 Å². The summed E-state index contributed by atoms with van der Waals surface area (Å²) in [5.74, 6) is 0.396. The Morgan fingerprint density at radius 2 is 2.37 bits per heavy atom. The summed E-state index contributed by atoms with van der Waals surface area (Å²) in [5, 5.41) is 14.3. The molecule has 1 unspecified atom stereocenters. The van der Waals surface area contributed by atoms with E-state index in [1.807, 2.05) is 6.92 Å². The lowest BCUT2D eigenvalue weighted by Gasteiger charge is -2.32. The molecule has 2 heterocycles. The Hall–Kier alpha value is -1.69. The highest BCUT2D eigenvalue weighted by Gasteiger charge is 2.22. The molecule has 1 aliphatic rings. The van der Waals surface area contributed by atoms with Crippen LogP contribution < -0.4 is 5.32 Å². The number of nitro groups is 1. The Morgan fingerprint density at radius 1 is 1.58 bits per heavy atom. The number of aryl methyl sites for hydroxylation is 1. The molecule has 0 radical (unpaired) electrons. The van der Waals surface area contributed by atoms with Crippen molar-refractivity contribution >= 4 is 11.5 Å². The second kappa shape index (κ2) is 5.97. The smallest absolute Gasteiger partial charge is 0.311 e. The third kappa shape index (κ3) is 3.41. The minimum Gasteiger partial charge on any atom is -0.360 e. The van der Waals surface area contributed by atoms with Crippen molar-refractivity contribution in [2.45, 2.75) is 32.7 Å². The molecule has 6 heteroatoms. The zero-order valence-electron chi connectivity index (χ0n) is 11.4. The van der Waals surface area contributed by atoms with Gasteiger partial charge in [-0.1, -0.05) is 6.92 Å². The maximum atomic E-state index is 11.0. The second-order valence-electron chi connectivity index (χ2n) is 4.95. The Balaban J connectivity index is 2.13. The van der Waals surface area contributed by atoms with E-state index in [2.05, 4.69) is 22.1 Å². The van der Waals surface area contributed by atoms with E-state index in [-0.39, 0.29) is 16.7 Å². The van der Waals surface area contributed by atoms with Crippen LogP contribution in [0.5, 0.6) is 0 Å². The van der Waals surface area contributed by atoms with E-state index in [1.54, 1.807) is 6.07 Å². The maximum absolute atomic E-state index is 11.0. The van der Waals surface area contributed by atoms with Crippen LogP contribution in [0.4, 0.5) is 11.5 Å². The molecule has 1 aromatic heterocycles. The van der Waals surface area contributed by atoms with Crippen LogP contribution in [-0.2, 0) is 0 Å². The molecule has 0 saturated carbocycles. The Bertz CT molecular complexity index is 464. The van der Waals surface area contributed by atoms with Crippen LogP contribution >= 0.6 is 0 Å². The summed E-state index contributed by atoms with van der Waals surface area (Å²) in [6, 6.07) is 3.43. The normalized spacial score (nSPS) is 20.2. The highest BCUT2D eigenvalue weighted by atomic mass is 16.6. The summed E-state index contributed by atoms with van der Waals surface area (Å²) in [6.07, 6.45) is 2.15. The Morgan fingerprint density at radius 3 is 3.05 bits per heavy atom. The van der Waals surface area contributed by atoms with Gasteiger partial charge in [0.05, 0.1) is 4.92 Å². The van der Waals surface area contributed by atoms with E-state index in [1.165, 1.54) is 6.07 Å². The fourth-order valence-corrected chi connectivity index (χ4v) is 2.46. The lowest BCUT2D eigenvalue weighted by molar-refractivity contribution is -0.384. The van der Waals surface area contributed by atoms with Gasteiger partial charge in [0, 0.05) is 24.3 Å². The summed E-state index contributed by atoms with van der Waals surface area (Å²) < 4.78 is 0. The van der Waals surface area contributed by atoms with Crippen molar-refractivity contribution < 1.29 is 4.92 Å². The lowest BCUT2D eigenvalue weighted by atomic mass is 10.1. The monoisotopic (exact) mass is 264 g/mol. The van der Waals surface area contributed by atoms with Gasteiger partial charge in [0.15, 0.2) is 0 Å². The number of hydrogen-bond acceptors (Lipinski definition) is 5. The van der Waals surface area contributed by atoms with E-state index in [0.717, 1.165) is 38.2 Å². The summed E-state index contributed by atoms with van der Waals surface area (Å²) in [5.41, 5.74) is 0.843. The molecule has 19 heavy (non-hydrogen) atoms. The molecule has 1 saturated heterocycles. The summed E-state index contributed by atoms with van der Waals surface area (Å²) in [7, 11) is 0. The van der Waals surface area contributed by atoms with Crippen molar-refractivity contribution in [3.05, 3.63) is 27.9 Å². The molecule has 0 aromatic carbocycles. The first-order valence-corrected chi connectivity index (χ1v) is 6.71. The number of nitrogens with zero attached hydrogens (tertiary/aromatic N) is 3. The van der Waals surface area contributed by atoms with E-state index in [0.29, 0.717) is 5.82 Å². The number of piperidine rings is 1. The van der Waals surface area contributed by atoms with Gasteiger partial charge in [0.25, 0.3) is 0 Å². The lowest BCUT2D eigenvalue weighted by Crippen LogP contribution is -2.42. The van der Waals surface area contributed by atoms with Crippen LogP contribution in [0.2, 0.25) is 0 Å². The average molecular weight is 264 g/mol. The maximum Gasteiger partial charge on any atom is 0.311 e. The predicted octanol–water partition coefficient (Wildman–Crippen LogP) is 2.19. The van der Waals surface area contributed by atoms with Crippen LogP contribution in [0.15, 0.2) is 12.1 Å². The van der Waals surface area contributed by atoms with Gasteiger partial charge in [-0.25, -0.2) is 4.98 Å². The summed E-state index contributed by atoms with van der Waals surface area (Å²) in [6.45, 7) is 7.02. The number of rotatable bonds is 4. The topological polar surface area (TPSA) is 71.3 Å². The molecular formula is C13H20N4O2. The van der Waals surface area contributed by atoms with Crippen molar-refractivity contribution in [2.75, 3.05) is 25.0 Å². The molecule has 104 valence electrons. The van der Waals surface area contributed by atoms with Crippen LogP contribution in [0.1, 0.15) is 25.5 Å². The van der Waals surface area contributed by atoms with Crippen molar-refractivity contribution in [3.8, 4) is 0 Å². The SMILES string of the molecule is CCN1CCCC(Nc2nc(C)ccc2[N+](=O)[O-])C1. The molecule has 6 nitrogen and oxygen atoms in total. The van der Waals surface area contributed by atoms with Crippen LogP contribution in [0.25, 0.3) is 0 Å². The highest BCUT2D eigenvalue weighted by molar-refractivity contribution is 5.56. The molecule has 0 bridgehead atoms. The first-order chi connectivity index (χ1) is 9.10. The second-order valence-corrected chi connectivity index (χ2v) is 4.95. The molecule has 0 spiro atoms. The zero-order chi connectivity index (χ0) is 13.8. The molecule has 2 rings (SSSR count). The minimum absolute atomic E-state index is 0.0548. The van der Waals surface area contributed by atoms with Crippen molar-refractivity contribution in [1.82, 2.24) is 9.88 Å². The molecular weight excluding hydrogens is 244 g/mol.